The normalized spacial score (nSPS) is 12.9. The summed E-state index contributed by atoms with van der Waals surface area (Å²) in [6.45, 7) is 1.62. The number of aromatic amines is 1. The molecule has 3 aromatic rings. The Morgan fingerprint density at radius 3 is 2.88 bits per heavy atom. The Morgan fingerprint density at radius 2 is 2.15 bits per heavy atom. The Labute approximate surface area is 204 Å². The largest absolute Gasteiger partial charge is 0.497 e. The van der Waals surface area contributed by atoms with Gasteiger partial charge in [0.1, 0.15) is 28.5 Å². The standard InChI is InChI=1S/C23H20N6O3S2/c1-29-7-6-15-16(9-24)22(34-18(15)11-29)26-19(30)12-33-23-27-20(17(10-25)21(31)28-23)13-4-3-5-14(8-13)32-2/h3-5,8H,6-7,11-12H2,1-2H3,(H,26,30)(H,27,28,31). The lowest BCUT2D eigenvalue weighted by Gasteiger charge is -2.21. The molecular formula is C23H20N6O3S2. The van der Waals surface area contributed by atoms with Gasteiger partial charge in [0, 0.05) is 23.5 Å². The summed E-state index contributed by atoms with van der Waals surface area (Å²) < 4.78 is 5.22. The number of carbonyl (C=O) groups excluding carboxylic acids is 1. The average molecular weight is 493 g/mol. The molecule has 1 aliphatic heterocycles. The minimum absolute atomic E-state index is 0.0280. The van der Waals surface area contributed by atoms with Gasteiger partial charge in [-0.1, -0.05) is 23.9 Å². The molecular weight excluding hydrogens is 472 g/mol. The Balaban J connectivity index is 1.53. The van der Waals surface area contributed by atoms with E-state index >= 15 is 0 Å². The molecule has 0 spiro atoms. The molecule has 4 rings (SSSR count). The van der Waals surface area contributed by atoms with E-state index < -0.39 is 5.56 Å². The fraction of sp³-hybridized carbons (Fsp3) is 0.261. The zero-order valence-corrected chi connectivity index (χ0v) is 20.1. The highest BCUT2D eigenvalue weighted by Gasteiger charge is 2.24. The summed E-state index contributed by atoms with van der Waals surface area (Å²) in [5, 5.41) is 22.7. The van der Waals surface area contributed by atoms with Crippen LogP contribution >= 0.6 is 23.1 Å². The monoisotopic (exact) mass is 492 g/mol. The molecule has 1 aliphatic rings. The quantitative estimate of drug-likeness (QED) is 0.396. The van der Waals surface area contributed by atoms with Gasteiger partial charge in [0.2, 0.25) is 5.91 Å². The van der Waals surface area contributed by atoms with Crippen molar-refractivity contribution in [3.8, 4) is 29.1 Å². The van der Waals surface area contributed by atoms with Crippen LogP contribution in [0.1, 0.15) is 21.6 Å². The van der Waals surface area contributed by atoms with Crippen molar-refractivity contribution in [2.24, 2.45) is 0 Å². The maximum Gasteiger partial charge on any atom is 0.270 e. The van der Waals surface area contributed by atoms with Crippen LogP contribution in [0.4, 0.5) is 5.00 Å². The van der Waals surface area contributed by atoms with Crippen LogP contribution in [0, 0.1) is 22.7 Å². The Kier molecular flexibility index (Phi) is 6.98. The number of fused-ring (bicyclic) bond motifs is 1. The molecule has 3 heterocycles. The highest BCUT2D eigenvalue weighted by atomic mass is 32.2. The molecule has 1 aromatic carbocycles. The first-order valence-electron chi connectivity index (χ1n) is 10.3. The number of ether oxygens (including phenoxy) is 1. The molecule has 9 nitrogen and oxygen atoms in total. The number of hydrogen-bond donors (Lipinski definition) is 2. The Morgan fingerprint density at radius 1 is 1.35 bits per heavy atom. The number of carbonyl (C=O) groups is 1. The van der Waals surface area contributed by atoms with Crippen molar-refractivity contribution in [3.05, 3.63) is 56.2 Å². The van der Waals surface area contributed by atoms with Crippen LogP contribution in [-0.4, -0.2) is 47.2 Å². The molecule has 0 fully saturated rings. The minimum Gasteiger partial charge on any atom is -0.497 e. The van der Waals surface area contributed by atoms with E-state index in [1.54, 1.807) is 24.3 Å². The third kappa shape index (κ3) is 4.82. The van der Waals surface area contributed by atoms with Crippen molar-refractivity contribution in [2.75, 3.05) is 31.8 Å². The molecule has 0 saturated carbocycles. The average Bonchev–Trinajstić information content (AvgIpc) is 3.18. The van der Waals surface area contributed by atoms with Gasteiger partial charge < -0.3 is 19.9 Å². The topological polar surface area (TPSA) is 135 Å². The molecule has 0 radical (unpaired) electrons. The van der Waals surface area contributed by atoms with Gasteiger partial charge in [-0.05, 0) is 31.2 Å². The van der Waals surface area contributed by atoms with E-state index in [-0.39, 0.29) is 28.1 Å². The molecule has 0 saturated heterocycles. The summed E-state index contributed by atoms with van der Waals surface area (Å²) in [4.78, 5) is 35.4. The summed E-state index contributed by atoms with van der Waals surface area (Å²) >= 11 is 2.47. The lowest BCUT2D eigenvalue weighted by molar-refractivity contribution is -0.113. The second-order valence-electron chi connectivity index (χ2n) is 7.58. The van der Waals surface area contributed by atoms with Gasteiger partial charge in [-0.15, -0.1) is 11.3 Å². The number of thioether (sulfide) groups is 1. The van der Waals surface area contributed by atoms with E-state index in [0.717, 1.165) is 41.7 Å². The number of methoxy groups -OCH3 is 1. The molecule has 34 heavy (non-hydrogen) atoms. The third-order valence-electron chi connectivity index (χ3n) is 5.31. The zero-order valence-electron chi connectivity index (χ0n) is 18.5. The van der Waals surface area contributed by atoms with Crippen LogP contribution in [0.3, 0.4) is 0 Å². The van der Waals surface area contributed by atoms with Crippen molar-refractivity contribution in [1.29, 1.82) is 10.5 Å². The number of thiophene rings is 1. The number of nitriles is 2. The Hall–Kier alpha value is -3.64. The van der Waals surface area contributed by atoms with Gasteiger partial charge in [0.05, 0.1) is 24.1 Å². The second kappa shape index (κ2) is 10.1. The molecule has 0 atom stereocenters. The first-order valence-corrected chi connectivity index (χ1v) is 12.1. The van der Waals surface area contributed by atoms with Crippen LogP contribution < -0.4 is 15.6 Å². The number of amides is 1. The van der Waals surface area contributed by atoms with Gasteiger partial charge >= 0.3 is 0 Å². The number of hydrogen-bond acceptors (Lipinski definition) is 9. The zero-order chi connectivity index (χ0) is 24.2. The van der Waals surface area contributed by atoms with Crippen LogP contribution in [0.5, 0.6) is 5.75 Å². The lowest BCUT2D eigenvalue weighted by Crippen LogP contribution is -2.25. The van der Waals surface area contributed by atoms with Gasteiger partial charge in [-0.2, -0.15) is 10.5 Å². The molecule has 172 valence electrons. The van der Waals surface area contributed by atoms with Gasteiger partial charge in [0.25, 0.3) is 5.56 Å². The molecule has 0 aliphatic carbocycles. The number of anilines is 1. The maximum absolute atomic E-state index is 12.6. The van der Waals surface area contributed by atoms with Crippen molar-refractivity contribution in [3.63, 3.8) is 0 Å². The van der Waals surface area contributed by atoms with Crippen LogP contribution in [0.15, 0.2) is 34.2 Å². The number of benzene rings is 1. The number of aromatic nitrogens is 2. The predicted octanol–water partition coefficient (Wildman–Crippen LogP) is 2.97. The number of rotatable bonds is 6. The highest BCUT2D eigenvalue weighted by Crippen LogP contribution is 2.36. The fourth-order valence-electron chi connectivity index (χ4n) is 3.64. The Bertz CT molecular complexity index is 1400. The first kappa shape index (κ1) is 23.5. The summed E-state index contributed by atoms with van der Waals surface area (Å²) in [6.07, 6.45) is 0.777. The van der Waals surface area contributed by atoms with Crippen molar-refractivity contribution < 1.29 is 9.53 Å². The molecule has 1 amide bonds. The fourth-order valence-corrected chi connectivity index (χ4v) is 5.59. The van der Waals surface area contributed by atoms with E-state index in [1.807, 2.05) is 13.1 Å². The van der Waals surface area contributed by atoms with E-state index in [9.17, 15) is 20.1 Å². The van der Waals surface area contributed by atoms with Gasteiger partial charge in [-0.3, -0.25) is 9.59 Å². The van der Waals surface area contributed by atoms with E-state index in [1.165, 1.54) is 18.4 Å². The highest BCUT2D eigenvalue weighted by molar-refractivity contribution is 7.99. The van der Waals surface area contributed by atoms with Crippen molar-refractivity contribution >= 4 is 34.0 Å². The molecule has 2 aromatic heterocycles. The maximum atomic E-state index is 12.6. The summed E-state index contributed by atoms with van der Waals surface area (Å²) in [7, 11) is 3.55. The molecule has 2 N–H and O–H groups in total. The smallest absolute Gasteiger partial charge is 0.270 e. The molecule has 0 bridgehead atoms. The van der Waals surface area contributed by atoms with Crippen LogP contribution in [-0.2, 0) is 17.8 Å². The number of nitrogens with one attached hydrogen (secondary N) is 2. The molecule has 0 unspecified atom stereocenters. The minimum atomic E-state index is -0.583. The van der Waals surface area contributed by atoms with Crippen molar-refractivity contribution in [1.82, 2.24) is 14.9 Å². The summed E-state index contributed by atoms with van der Waals surface area (Å²) in [5.41, 5.74) is 1.61. The van der Waals surface area contributed by atoms with Gasteiger partial charge in [0.15, 0.2) is 5.16 Å². The SMILES string of the molecule is COc1cccc(-c2nc(SCC(=O)Nc3sc4c(c3C#N)CCN(C)C4)[nH]c(=O)c2C#N)c1. The number of H-pyrrole nitrogens is 1. The van der Waals surface area contributed by atoms with Gasteiger partial charge in [-0.25, -0.2) is 4.98 Å². The summed E-state index contributed by atoms with van der Waals surface area (Å²) in [5.74, 6) is 0.221. The third-order valence-corrected chi connectivity index (χ3v) is 7.31. The van der Waals surface area contributed by atoms with Crippen LogP contribution in [0.2, 0.25) is 0 Å². The number of nitrogens with zero attached hydrogens (tertiary/aromatic N) is 4. The van der Waals surface area contributed by atoms with Crippen molar-refractivity contribution in [2.45, 2.75) is 18.1 Å². The second-order valence-corrected chi connectivity index (χ2v) is 9.65. The van der Waals surface area contributed by atoms with E-state index in [2.05, 4.69) is 26.3 Å². The van der Waals surface area contributed by atoms with Crippen LogP contribution in [0.25, 0.3) is 11.3 Å². The molecule has 11 heteroatoms. The van der Waals surface area contributed by atoms with E-state index in [4.69, 9.17) is 4.74 Å². The van der Waals surface area contributed by atoms with E-state index in [0.29, 0.717) is 21.9 Å². The lowest BCUT2D eigenvalue weighted by atomic mass is 10.0. The predicted molar refractivity (Wildman–Crippen MR) is 130 cm³/mol. The first-order chi connectivity index (χ1) is 16.4. The summed E-state index contributed by atoms with van der Waals surface area (Å²) in [6, 6.07) is 11.0. The number of likely N-dealkylation sites (N-methyl/N-ethyl adjacent to an activating group) is 1.